The molecular formula is C14H15N3O5. The summed E-state index contributed by atoms with van der Waals surface area (Å²) in [7, 11) is 1.62. The lowest BCUT2D eigenvalue weighted by atomic mass is 10.2. The van der Waals surface area contributed by atoms with Crippen molar-refractivity contribution >= 4 is 5.82 Å². The number of hydrogen-bond donors (Lipinski definition) is 0. The van der Waals surface area contributed by atoms with Crippen molar-refractivity contribution in [1.82, 2.24) is 9.55 Å². The van der Waals surface area contributed by atoms with Gasteiger partial charge in [0.1, 0.15) is 24.7 Å². The molecule has 22 heavy (non-hydrogen) atoms. The zero-order valence-corrected chi connectivity index (χ0v) is 12.0. The first-order valence-electron chi connectivity index (χ1n) is 6.74. The summed E-state index contributed by atoms with van der Waals surface area (Å²) in [5, 5.41) is 10.7. The summed E-state index contributed by atoms with van der Waals surface area (Å²) in [5.74, 6) is 0.575. The average molecular weight is 305 g/mol. The van der Waals surface area contributed by atoms with Crippen molar-refractivity contribution < 1.29 is 19.1 Å². The fraction of sp³-hybridized carbons (Fsp3) is 0.357. The Balaban J connectivity index is 1.58. The van der Waals surface area contributed by atoms with Gasteiger partial charge in [-0.15, -0.1) is 0 Å². The Morgan fingerprint density at radius 2 is 2.23 bits per heavy atom. The Bertz CT molecular complexity index is 668. The van der Waals surface area contributed by atoms with E-state index in [1.54, 1.807) is 11.7 Å². The Kier molecular flexibility index (Phi) is 3.92. The lowest BCUT2D eigenvalue weighted by Gasteiger charge is -2.22. The largest absolute Gasteiger partial charge is 0.497 e. The highest BCUT2D eigenvalue weighted by Gasteiger charge is 2.28. The van der Waals surface area contributed by atoms with E-state index in [0.29, 0.717) is 19.8 Å². The van der Waals surface area contributed by atoms with Crippen molar-refractivity contribution in [1.29, 1.82) is 0 Å². The second-order valence-electron chi connectivity index (χ2n) is 4.88. The highest BCUT2D eigenvalue weighted by Crippen LogP contribution is 2.23. The van der Waals surface area contributed by atoms with Crippen molar-refractivity contribution in [3.63, 3.8) is 0 Å². The molecule has 0 aliphatic carbocycles. The van der Waals surface area contributed by atoms with E-state index >= 15 is 0 Å². The van der Waals surface area contributed by atoms with Crippen molar-refractivity contribution in [2.24, 2.45) is 0 Å². The summed E-state index contributed by atoms with van der Waals surface area (Å²) in [4.78, 5) is 14.0. The van der Waals surface area contributed by atoms with Gasteiger partial charge >= 0.3 is 11.8 Å². The minimum absolute atomic E-state index is 0.177. The molecule has 8 nitrogen and oxygen atoms in total. The second-order valence-corrected chi connectivity index (χ2v) is 4.88. The van der Waals surface area contributed by atoms with Gasteiger partial charge in [0.2, 0.25) is 0 Å². The van der Waals surface area contributed by atoms with Crippen LogP contribution in [0.4, 0.5) is 5.82 Å². The predicted molar refractivity (Wildman–Crippen MR) is 75.9 cm³/mol. The molecule has 0 saturated carbocycles. The third-order valence-corrected chi connectivity index (χ3v) is 3.36. The third kappa shape index (κ3) is 3.01. The number of rotatable bonds is 5. The normalized spacial score (nSPS) is 16.7. The van der Waals surface area contributed by atoms with Crippen LogP contribution in [0.15, 0.2) is 30.5 Å². The number of fused-ring (bicyclic) bond motifs is 1. The van der Waals surface area contributed by atoms with Crippen LogP contribution in [0.1, 0.15) is 5.56 Å². The Morgan fingerprint density at radius 1 is 1.45 bits per heavy atom. The molecule has 1 aliphatic heterocycles. The molecule has 1 aromatic heterocycles. The van der Waals surface area contributed by atoms with E-state index < -0.39 is 4.92 Å². The maximum absolute atomic E-state index is 10.7. The SMILES string of the molecule is COc1ccc(CO[C@@H]2COc3nc([N+](=O)[O-])cn3C2)cc1. The van der Waals surface area contributed by atoms with E-state index in [4.69, 9.17) is 14.2 Å². The second kappa shape index (κ2) is 6.02. The van der Waals surface area contributed by atoms with E-state index in [1.807, 2.05) is 24.3 Å². The molecular weight excluding hydrogens is 290 g/mol. The average Bonchev–Trinajstić information content (AvgIpc) is 2.97. The monoisotopic (exact) mass is 305 g/mol. The van der Waals surface area contributed by atoms with E-state index in [9.17, 15) is 10.1 Å². The molecule has 0 bridgehead atoms. The van der Waals surface area contributed by atoms with E-state index in [0.717, 1.165) is 11.3 Å². The smallest absolute Gasteiger partial charge is 0.414 e. The van der Waals surface area contributed by atoms with Crippen LogP contribution in [0.3, 0.4) is 0 Å². The van der Waals surface area contributed by atoms with Crippen LogP contribution >= 0.6 is 0 Å². The number of hydrogen-bond acceptors (Lipinski definition) is 6. The molecule has 2 heterocycles. The summed E-state index contributed by atoms with van der Waals surface area (Å²) in [6, 6.07) is 7.85. The maximum atomic E-state index is 10.7. The van der Waals surface area contributed by atoms with Crippen molar-refractivity contribution in [2.75, 3.05) is 13.7 Å². The number of nitro groups is 1. The van der Waals surface area contributed by atoms with E-state index in [2.05, 4.69) is 4.98 Å². The van der Waals surface area contributed by atoms with Gasteiger partial charge in [-0.25, -0.2) is 0 Å². The summed E-state index contributed by atoms with van der Waals surface area (Å²) in [6.45, 7) is 1.24. The minimum Gasteiger partial charge on any atom is -0.497 e. The van der Waals surface area contributed by atoms with Gasteiger partial charge < -0.3 is 24.3 Å². The van der Waals surface area contributed by atoms with Gasteiger partial charge in [0.25, 0.3) is 0 Å². The van der Waals surface area contributed by atoms with Crippen LogP contribution in [0.2, 0.25) is 0 Å². The number of benzene rings is 1. The number of nitrogens with zero attached hydrogens (tertiary/aromatic N) is 3. The highest BCUT2D eigenvalue weighted by atomic mass is 16.6. The lowest BCUT2D eigenvalue weighted by molar-refractivity contribution is -0.389. The summed E-state index contributed by atoms with van der Waals surface area (Å²) >= 11 is 0. The first-order valence-corrected chi connectivity index (χ1v) is 6.74. The summed E-state index contributed by atoms with van der Waals surface area (Å²) < 4.78 is 17.9. The van der Waals surface area contributed by atoms with Crippen LogP contribution in [-0.4, -0.2) is 34.3 Å². The van der Waals surface area contributed by atoms with Crippen molar-refractivity contribution in [2.45, 2.75) is 19.3 Å². The van der Waals surface area contributed by atoms with Crippen molar-refractivity contribution in [3.8, 4) is 11.8 Å². The van der Waals surface area contributed by atoms with Gasteiger partial charge in [-0.05, 0) is 22.6 Å². The molecule has 3 rings (SSSR count). The van der Waals surface area contributed by atoms with Gasteiger partial charge in [0.05, 0.1) is 20.3 Å². The standard InChI is InChI=1S/C14H15N3O5/c1-20-11-4-2-10(3-5-11)8-21-12-6-16-7-13(17(18)19)15-14(16)22-9-12/h2-5,7,12H,6,8-9H2,1H3/t12-/m0/s1. The van der Waals surface area contributed by atoms with Gasteiger partial charge in [-0.2, -0.15) is 0 Å². The van der Waals surface area contributed by atoms with Crippen LogP contribution in [0, 0.1) is 10.1 Å². The first kappa shape index (κ1) is 14.3. The minimum atomic E-state index is -0.540. The summed E-state index contributed by atoms with van der Waals surface area (Å²) in [6.07, 6.45) is 1.18. The van der Waals surface area contributed by atoms with Crippen LogP contribution in [-0.2, 0) is 17.9 Å². The molecule has 0 N–H and O–H groups in total. The Morgan fingerprint density at radius 3 is 2.91 bits per heavy atom. The molecule has 0 unspecified atom stereocenters. The zero-order chi connectivity index (χ0) is 15.5. The molecule has 1 atom stereocenters. The molecule has 0 spiro atoms. The highest BCUT2D eigenvalue weighted by molar-refractivity contribution is 5.26. The van der Waals surface area contributed by atoms with E-state index in [1.165, 1.54) is 6.20 Å². The van der Waals surface area contributed by atoms with Crippen molar-refractivity contribution in [3.05, 3.63) is 46.1 Å². The maximum Gasteiger partial charge on any atom is 0.414 e. The Labute approximate surface area is 126 Å². The van der Waals surface area contributed by atoms with Gasteiger partial charge in [0.15, 0.2) is 0 Å². The topological polar surface area (TPSA) is 88.7 Å². The lowest BCUT2D eigenvalue weighted by Crippen LogP contribution is -2.32. The van der Waals surface area contributed by atoms with Crippen LogP contribution < -0.4 is 9.47 Å². The molecule has 0 amide bonds. The van der Waals surface area contributed by atoms with E-state index in [-0.39, 0.29) is 17.9 Å². The predicted octanol–water partition coefficient (Wildman–Crippen LogP) is 1.78. The third-order valence-electron chi connectivity index (χ3n) is 3.36. The van der Waals surface area contributed by atoms with Crippen LogP contribution in [0.5, 0.6) is 11.8 Å². The number of aromatic nitrogens is 2. The molecule has 116 valence electrons. The molecule has 2 aromatic rings. The quantitative estimate of drug-likeness (QED) is 0.618. The number of imidazole rings is 1. The molecule has 8 heteroatoms. The molecule has 1 aliphatic rings. The van der Waals surface area contributed by atoms with Gasteiger partial charge in [-0.1, -0.05) is 12.1 Å². The fourth-order valence-electron chi connectivity index (χ4n) is 2.20. The summed E-state index contributed by atoms with van der Waals surface area (Å²) in [5.41, 5.74) is 1.02. The molecule has 0 fully saturated rings. The Hall–Kier alpha value is -2.61. The zero-order valence-electron chi connectivity index (χ0n) is 12.0. The number of ether oxygens (including phenoxy) is 3. The molecule has 0 saturated heterocycles. The van der Waals surface area contributed by atoms with Crippen LogP contribution in [0.25, 0.3) is 0 Å². The first-order chi connectivity index (χ1) is 10.7. The van der Waals surface area contributed by atoms with Gasteiger partial charge in [0, 0.05) is 4.98 Å². The number of methoxy groups -OCH3 is 1. The molecule has 0 radical (unpaired) electrons. The fourth-order valence-corrected chi connectivity index (χ4v) is 2.20. The van der Waals surface area contributed by atoms with Gasteiger partial charge in [-0.3, -0.25) is 4.57 Å². The molecule has 1 aromatic carbocycles.